The van der Waals surface area contributed by atoms with Crippen molar-refractivity contribution in [3.63, 3.8) is 0 Å². The lowest BCUT2D eigenvalue weighted by molar-refractivity contribution is 0.492. The van der Waals surface area contributed by atoms with Gasteiger partial charge in [-0.05, 0) is 37.1 Å². The molecule has 0 fully saturated rings. The second-order valence-electron chi connectivity index (χ2n) is 4.42. The van der Waals surface area contributed by atoms with Crippen LogP contribution in [0.5, 0.6) is 0 Å². The highest BCUT2D eigenvalue weighted by Gasteiger charge is 2.12. The summed E-state index contributed by atoms with van der Waals surface area (Å²) >= 11 is 3.59. The highest BCUT2D eigenvalue weighted by molar-refractivity contribution is 9.10. The van der Waals surface area contributed by atoms with Gasteiger partial charge in [0.25, 0.3) is 0 Å². The van der Waals surface area contributed by atoms with Gasteiger partial charge in [0.2, 0.25) is 0 Å². The van der Waals surface area contributed by atoms with Gasteiger partial charge in [0.15, 0.2) is 0 Å². The summed E-state index contributed by atoms with van der Waals surface area (Å²) in [5.74, 6) is 0. The average molecular weight is 305 g/mol. The molecule has 2 atom stereocenters. The van der Waals surface area contributed by atoms with Gasteiger partial charge in [-0.2, -0.15) is 0 Å². The first-order valence-electron chi connectivity index (χ1n) is 6.09. The molecule has 0 amide bonds. The molecular formula is C15H17BrN2. The molecule has 1 aromatic carbocycles. The van der Waals surface area contributed by atoms with E-state index in [-0.39, 0.29) is 12.1 Å². The topological polar surface area (TPSA) is 24.9 Å². The van der Waals surface area contributed by atoms with E-state index in [0.29, 0.717) is 0 Å². The molecule has 0 spiro atoms. The minimum atomic E-state index is 0.279. The summed E-state index contributed by atoms with van der Waals surface area (Å²) in [7, 11) is 0. The van der Waals surface area contributed by atoms with E-state index in [9.17, 15) is 0 Å². The first-order chi connectivity index (χ1) is 8.68. The Kier molecular flexibility index (Phi) is 4.50. The standard InChI is InChI=1S/C15H17BrN2/c1-11(13-6-5-9-17-10-13)18-12(2)14-7-3-4-8-15(14)16/h3-12,18H,1-2H3/t11?,12-/m0/s1. The molecule has 3 heteroatoms. The lowest BCUT2D eigenvalue weighted by Gasteiger charge is -2.21. The molecule has 94 valence electrons. The molecule has 1 N–H and O–H groups in total. The predicted molar refractivity (Wildman–Crippen MR) is 78.3 cm³/mol. The minimum absolute atomic E-state index is 0.279. The van der Waals surface area contributed by atoms with Gasteiger partial charge in [-0.3, -0.25) is 4.98 Å². The Labute approximate surface area is 117 Å². The zero-order valence-corrected chi connectivity index (χ0v) is 12.2. The molecule has 0 radical (unpaired) electrons. The van der Waals surface area contributed by atoms with Crippen LogP contribution in [-0.4, -0.2) is 4.98 Å². The summed E-state index contributed by atoms with van der Waals surface area (Å²) in [5, 5.41) is 3.58. The average Bonchev–Trinajstić information content (AvgIpc) is 2.40. The number of nitrogens with zero attached hydrogens (tertiary/aromatic N) is 1. The molecule has 1 heterocycles. The third kappa shape index (κ3) is 3.18. The summed E-state index contributed by atoms with van der Waals surface area (Å²) in [6, 6.07) is 12.9. The van der Waals surface area contributed by atoms with Crippen LogP contribution in [0.25, 0.3) is 0 Å². The van der Waals surface area contributed by atoms with Crippen LogP contribution in [0.15, 0.2) is 53.3 Å². The summed E-state index contributed by atoms with van der Waals surface area (Å²) in [6.07, 6.45) is 3.71. The number of benzene rings is 1. The summed E-state index contributed by atoms with van der Waals surface area (Å²) in [6.45, 7) is 4.33. The van der Waals surface area contributed by atoms with Crippen LogP contribution < -0.4 is 5.32 Å². The Morgan fingerprint density at radius 2 is 1.83 bits per heavy atom. The van der Waals surface area contributed by atoms with Crippen LogP contribution >= 0.6 is 15.9 Å². The summed E-state index contributed by atoms with van der Waals surface area (Å²) in [4.78, 5) is 4.15. The van der Waals surface area contributed by atoms with Gasteiger partial charge >= 0.3 is 0 Å². The molecule has 0 bridgehead atoms. The second kappa shape index (κ2) is 6.12. The van der Waals surface area contributed by atoms with E-state index in [1.807, 2.05) is 18.3 Å². The number of nitrogens with one attached hydrogen (secondary N) is 1. The van der Waals surface area contributed by atoms with Gasteiger partial charge in [-0.15, -0.1) is 0 Å². The fraction of sp³-hybridized carbons (Fsp3) is 0.267. The highest BCUT2D eigenvalue weighted by Crippen LogP contribution is 2.25. The predicted octanol–water partition coefficient (Wildman–Crippen LogP) is 4.26. The molecule has 1 aromatic heterocycles. The van der Waals surface area contributed by atoms with E-state index in [4.69, 9.17) is 0 Å². The lowest BCUT2D eigenvalue weighted by atomic mass is 10.1. The third-order valence-electron chi connectivity index (χ3n) is 3.06. The smallest absolute Gasteiger partial charge is 0.0315 e. The molecule has 1 unspecified atom stereocenters. The fourth-order valence-corrected chi connectivity index (χ4v) is 2.65. The number of hydrogen-bond donors (Lipinski definition) is 1. The molecule has 2 aromatic rings. The Hall–Kier alpha value is -1.19. The van der Waals surface area contributed by atoms with Crippen LogP contribution in [0.3, 0.4) is 0 Å². The van der Waals surface area contributed by atoms with Gasteiger partial charge in [0.1, 0.15) is 0 Å². The van der Waals surface area contributed by atoms with Gasteiger partial charge in [0, 0.05) is 29.0 Å². The van der Waals surface area contributed by atoms with Crippen molar-refractivity contribution < 1.29 is 0 Å². The largest absolute Gasteiger partial charge is 0.304 e. The first-order valence-corrected chi connectivity index (χ1v) is 6.88. The summed E-state index contributed by atoms with van der Waals surface area (Å²) in [5.41, 5.74) is 2.48. The zero-order chi connectivity index (χ0) is 13.0. The van der Waals surface area contributed by atoms with Crippen molar-refractivity contribution in [2.45, 2.75) is 25.9 Å². The van der Waals surface area contributed by atoms with Crippen LogP contribution in [0.4, 0.5) is 0 Å². The normalized spacial score (nSPS) is 14.2. The van der Waals surface area contributed by atoms with E-state index in [2.05, 4.69) is 64.3 Å². The van der Waals surface area contributed by atoms with Crippen molar-refractivity contribution in [3.05, 3.63) is 64.4 Å². The zero-order valence-electron chi connectivity index (χ0n) is 10.6. The van der Waals surface area contributed by atoms with E-state index >= 15 is 0 Å². The summed E-state index contributed by atoms with van der Waals surface area (Å²) < 4.78 is 1.14. The van der Waals surface area contributed by atoms with Crippen molar-refractivity contribution in [1.82, 2.24) is 10.3 Å². The maximum atomic E-state index is 4.15. The molecule has 2 rings (SSSR count). The Bertz CT molecular complexity index is 499. The fourth-order valence-electron chi connectivity index (χ4n) is 2.02. The van der Waals surface area contributed by atoms with Gasteiger partial charge in [0.05, 0.1) is 0 Å². The lowest BCUT2D eigenvalue weighted by Crippen LogP contribution is -2.22. The van der Waals surface area contributed by atoms with Crippen LogP contribution in [0, 0.1) is 0 Å². The Morgan fingerprint density at radius 1 is 1.06 bits per heavy atom. The van der Waals surface area contributed by atoms with Gasteiger partial charge in [-0.25, -0.2) is 0 Å². The maximum absolute atomic E-state index is 4.15. The molecular weight excluding hydrogens is 288 g/mol. The number of aromatic nitrogens is 1. The number of rotatable bonds is 4. The van der Waals surface area contributed by atoms with Crippen molar-refractivity contribution in [1.29, 1.82) is 0 Å². The van der Waals surface area contributed by atoms with Crippen molar-refractivity contribution >= 4 is 15.9 Å². The van der Waals surface area contributed by atoms with Gasteiger partial charge in [-0.1, -0.05) is 40.2 Å². The first kappa shape index (κ1) is 13.2. The molecule has 2 nitrogen and oxygen atoms in total. The third-order valence-corrected chi connectivity index (χ3v) is 3.78. The number of hydrogen-bond acceptors (Lipinski definition) is 2. The van der Waals surface area contributed by atoms with Crippen molar-refractivity contribution in [3.8, 4) is 0 Å². The van der Waals surface area contributed by atoms with E-state index in [0.717, 1.165) is 4.47 Å². The molecule has 0 aliphatic rings. The monoisotopic (exact) mass is 304 g/mol. The minimum Gasteiger partial charge on any atom is -0.304 e. The number of halogens is 1. The highest BCUT2D eigenvalue weighted by atomic mass is 79.9. The molecule has 0 saturated carbocycles. The van der Waals surface area contributed by atoms with Crippen molar-refractivity contribution in [2.24, 2.45) is 0 Å². The van der Waals surface area contributed by atoms with Crippen LogP contribution in [0.1, 0.15) is 37.1 Å². The maximum Gasteiger partial charge on any atom is 0.0315 e. The molecule has 0 aliphatic heterocycles. The van der Waals surface area contributed by atoms with Crippen LogP contribution in [0.2, 0.25) is 0 Å². The Balaban J connectivity index is 2.08. The molecule has 0 aliphatic carbocycles. The second-order valence-corrected chi connectivity index (χ2v) is 5.27. The van der Waals surface area contributed by atoms with Crippen molar-refractivity contribution in [2.75, 3.05) is 0 Å². The molecule has 0 saturated heterocycles. The van der Waals surface area contributed by atoms with Crippen LogP contribution in [-0.2, 0) is 0 Å². The Morgan fingerprint density at radius 3 is 2.50 bits per heavy atom. The SMILES string of the molecule is CC(N[C@@H](C)c1ccccc1Br)c1cccnc1. The van der Waals surface area contributed by atoms with E-state index < -0.39 is 0 Å². The molecule has 18 heavy (non-hydrogen) atoms. The van der Waals surface area contributed by atoms with E-state index in [1.165, 1.54) is 11.1 Å². The number of pyridine rings is 1. The van der Waals surface area contributed by atoms with Gasteiger partial charge < -0.3 is 5.32 Å². The quantitative estimate of drug-likeness (QED) is 0.913. The van der Waals surface area contributed by atoms with E-state index in [1.54, 1.807) is 6.20 Å².